The molecule has 24 heavy (non-hydrogen) atoms. The van der Waals surface area contributed by atoms with Crippen molar-refractivity contribution in [3.63, 3.8) is 0 Å². The van der Waals surface area contributed by atoms with E-state index in [2.05, 4.69) is 21.2 Å². The molecule has 128 valence electrons. The molecule has 1 atom stereocenters. The summed E-state index contributed by atoms with van der Waals surface area (Å²) in [6.45, 7) is 1.84. The molecular weight excluding hydrogens is 437 g/mol. The van der Waals surface area contributed by atoms with Gasteiger partial charge >= 0.3 is 0 Å². The summed E-state index contributed by atoms with van der Waals surface area (Å²) >= 11 is 14.9. The van der Waals surface area contributed by atoms with Crippen LogP contribution < -0.4 is 5.32 Å². The second kappa shape index (κ2) is 7.87. The van der Waals surface area contributed by atoms with Gasteiger partial charge in [0.15, 0.2) is 5.37 Å². The van der Waals surface area contributed by atoms with E-state index in [1.54, 1.807) is 36.4 Å². The number of aryl methyl sites for hydroxylation is 1. The first-order valence-corrected chi connectivity index (χ1v) is 10.1. The van der Waals surface area contributed by atoms with E-state index in [4.69, 9.17) is 23.2 Å². The average molecular weight is 451 g/mol. The molecule has 2 rings (SSSR count). The van der Waals surface area contributed by atoms with E-state index in [9.17, 15) is 13.2 Å². The van der Waals surface area contributed by atoms with Gasteiger partial charge in [0, 0.05) is 10.0 Å². The number of halogens is 3. The minimum absolute atomic E-state index is 0.0421. The van der Waals surface area contributed by atoms with E-state index < -0.39 is 26.0 Å². The van der Waals surface area contributed by atoms with Crippen LogP contribution in [0.3, 0.4) is 0 Å². The Bertz CT molecular complexity index is 821. The quantitative estimate of drug-likeness (QED) is 0.697. The molecule has 0 radical (unpaired) electrons. The van der Waals surface area contributed by atoms with Gasteiger partial charge in [-0.3, -0.25) is 4.79 Å². The molecule has 2 aromatic rings. The Balaban J connectivity index is 2.30. The average Bonchev–Trinajstić information content (AvgIpc) is 2.53. The van der Waals surface area contributed by atoms with Crippen LogP contribution in [0.4, 0.5) is 0 Å². The highest BCUT2D eigenvalue weighted by Gasteiger charge is 2.34. The third-order valence-electron chi connectivity index (χ3n) is 3.29. The molecule has 0 aliphatic carbocycles. The molecule has 1 unspecified atom stereocenters. The Labute approximate surface area is 159 Å². The number of alkyl halides is 2. The first kappa shape index (κ1) is 19.2. The molecule has 2 aromatic carbocycles. The number of hydrogen-bond acceptors (Lipinski definition) is 3. The van der Waals surface area contributed by atoms with E-state index in [0.717, 1.165) is 10.0 Å². The van der Waals surface area contributed by atoms with Gasteiger partial charge in [-0.25, -0.2) is 8.42 Å². The molecule has 0 bridgehead atoms. The Hall–Kier alpha value is -1.08. The predicted octanol–water partition coefficient (Wildman–Crippen LogP) is 4.09. The van der Waals surface area contributed by atoms with Crippen molar-refractivity contribution in [1.29, 1.82) is 0 Å². The van der Waals surface area contributed by atoms with Crippen molar-refractivity contribution < 1.29 is 13.2 Å². The molecule has 0 fully saturated rings. The lowest BCUT2D eigenvalue weighted by Gasteiger charge is -2.20. The van der Waals surface area contributed by atoms with Crippen LogP contribution in [0.1, 0.15) is 15.9 Å². The van der Waals surface area contributed by atoms with Crippen molar-refractivity contribution in [2.24, 2.45) is 0 Å². The Morgan fingerprint density at radius 1 is 1.04 bits per heavy atom. The summed E-state index contributed by atoms with van der Waals surface area (Å²) in [4.78, 5) is 11.0. The Morgan fingerprint density at radius 2 is 1.58 bits per heavy atom. The number of carbonyl (C=O) groups is 1. The molecule has 0 heterocycles. The minimum atomic E-state index is -3.93. The number of amides is 1. The largest absolute Gasteiger partial charge is 0.333 e. The maximum atomic E-state index is 12.7. The highest BCUT2D eigenvalue weighted by atomic mass is 79.9. The van der Waals surface area contributed by atoms with Gasteiger partial charge in [0.2, 0.25) is 9.84 Å². The van der Waals surface area contributed by atoms with Crippen LogP contribution in [-0.2, 0) is 9.84 Å². The lowest BCUT2D eigenvalue weighted by atomic mass is 10.2. The molecule has 4 nitrogen and oxygen atoms in total. The van der Waals surface area contributed by atoms with Crippen molar-refractivity contribution in [3.8, 4) is 0 Å². The van der Waals surface area contributed by atoms with Gasteiger partial charge in [0.25, 0.3) is 5.91 Å². The molecular formula is C16H14BrCl2NO3S. The third kappa shape index (κ3) is 4.51. The predicted molar refractivity (Wildman–Crippen MR) is 99.3 cm³/mol. The topological polar surface area (TPSA) is 63.2 Å². The zero-order chi connectivity index (χ0) is 17.9. The zero-order valence-corrected chi connectivity index (χ0v) is 16.5. The van der Waals surface area contributed by atoms with E-state index >= 15 is 0 Å². The summed E-state index contributed by atoms with van der Waals surface area (Å²) in [5, 5.41) is 0.941. The lowest BCUT2D eigenvalue weighted by Crippen LogP contribution is -2.45. The maximum Gasteiger partial charge on any atom is 0.252 e. The van der Waals surface area contributed by atoms with Crippen LogP contribution in [0.15, 0.2) is 57.9 Å². The number of nitrogens with one attached hydrogen (secondary N) is 1. The second-order valence-electron chi connectivity index (χ2n) is 5.09. The van der Waals surface area contributed by atoms with Crippen molar-refractivity contribution in [3.05, 3.63) is 64.1 Å². The molecule has 0 aliphatic heterocycles. The Kier molecular flexibility index (Phi) is 6.31. The van der Waals surface area contributed by atoms with Crippen molar-refractivity contribution >= 4 is 54.9 Å². The van der Waals surface area contributed by atoms with E-state index in [-0.39, 0.29) is 4.90 Å². The van der Waals surface area contributed by atoms with E-state index in [0.29, 0.717) is 5.56 Å². The van der Waals surface area contributed by atoms with Crippen LogP contribution in [-0.4, -0.2) is 24.5 Å². The van der Waals surface area contributed by atoms with Gasteiger partial charge in [-0.1, -0.05) is 33.6 Å². The van der Waals surface area contributed by atoms with Crippen LogP contribution in [0.5, 0.6) is 0 Å². The molecule has 0 aliphatic rings. The lowest BCUT2D eigenvalue weighted by molar-refractivity contribution is 0.0949. The smallest absolute Gasteiger partial charge is 0.252 e. The number of rotatable bonds is 5. The van der Waals surface area contributed by atoms with E-state index in [1.807, 2.05) is 6.92 Å². The molecule has 0 aromatic heterocycles. The van der Waals surface area contributed by atoms with Gasteiger partial charge < -0.3 is 5.32 Å². The molecule has 1 amide bonds. The minimum Gasteiger partial charge on any atom is -0.333 e. The van der Waals surface area contributed by atoms with E-state index in [1.165, 1.54) is 12.1 Å². The van der Waals surface area contributed by atoms with Crippen LogP contribution in [0.2, 0.25) is 0 Å². The summed E-state index contributed by atoms with van der Waals surface area (Å²) in [5.41, 5.74) is 1.22. The van der Waals surface area contributed by atoms with Crippen LogP contribution in [0, 0.1) is 6.92 Å². The summed E-state index contributed by atoms with van der Waals surface area (Å²) in [6.07, 6.45) is 0. The zero-order valence-electron chi connectivity index (χ0n) is 12.5. The number of sulfone groups is 1. The van der Waals surface area contributed by atoms with Crippen molar-refractivity contribution in [2.45, 2.75) is 22.0 Å². The van der Waals surface area contributed by atoms with Gasteiger partial charge in [0.1, 0.15) is 4.84 Å². The molecule has 1 N–H and O–H groups in total. The SMILES string of the molecule is Cc1ccc(S(=O)(=O)C(NC(=O)c2ccc(Br)cc2)C(Cl)Cl)cc1. The first-order chi connectivity index (χ1) is 11.2. The fourth-order valence-electron chi connectivity index (χ4n) is 1.96. The van der Waals surface area contributed by atoms with Gasteiger partial charge in [-0.2, -0.15) is 0 Å². The van der Waals surface area contributed by atoms with Crippen LogP contribution in [0.25, 0.3) is 0 Å². The fraction of sp³-hybridized carbons (Fsp3) is 0.188. The summed E-state index contributed by atoms with van der Waals surface area (Å²) in [5.74, 6) is -0.575. The standard InChI is InChI=1S/C16H14BrCl2NO3S/c1-10-2-8-13(9-3-10)24(22,23)16(14(18)19)20-15(21)11-4-6-12(17)7-5-11/h2-9,14,16H,1H3,(H,20,21). The summed E-state index contributed by atoms with van der Waals surface area (Å²) < 4.78 is 26.2. The summed E-state index contributed by atoms with van der Waals surface area (Å²) in [7, 11) is -3.93. The number of hydrogen-bond donors (Lipinski definition) is 1. The van der Waals surface area contributed by atoms with Crippen LogP contribution >= 0.6 is 39.1 Å². The highest BCUT2D eigenvalue weighted by Crippen LogP contribution is 2.23. The second-order valence-corrected chi connectivity index (χ2v) is 9.24. The molecule has 0 saturated carbocycles. The van der Waals surface area contributed by atoms with Gasteiger partial charge in [-0.15, -0.1) is 23.2 Å². The first-order valence-electron chi connectivity index (χ1n) is 6.87. The third-order valence-corrected chi connectivity index (χ3v) is 6.61. The molecule has 8 heteroatoms. The molecule has 0 spiro atoms. The van der Waals surface area contributed by atoms with Crippen molar-refractivity contribution in [2.75, 3.05) is 0 Å². The Morgan fingerprint density at radius 3 is 2.08 bits per heavy atom. The van der Waals surface area contributed by atoms with Gasteiger partial charge in [-0.05, 0) is 43.3 Å². The number of carbonyl (C=O) groups excluding carboxylic acids is 1. The highest BCUT2D eigenvalue weighted by molar-refractivity contribution is 9.10. The summed E-state index contributed by atoms with van der Waals surface area (Å²) in [6, 6.07) is 12.7. The molecule has 0 saturated heterocycles. The normalized spacial score (nSPS) is 12.9. The monoisotopic (exact) mass is 449 g/mol. The maximum absolute atomic E-state index is 12.7. The van der Waals surface area contributed by atoms with Crippen molar-refractivity contribution in [1.82, 2.24) is 5.32 Å². The van der Waals surface area contributed by atoms with Gasteiger partial charge in [0.05, 0.1) is 4.90 Å². The number of benzene rings is 2. The fourth-order valence-corrected chi connectivity index (χ4v) is 4.51.